The van der Waals surface area contributed by atoms with Gasteiger partial charge in [0.15, 0.2) is 0 Å². The summed E-state index contributed by atoms with van der Waals surface area (Å²) in [5.74, 6) is 0.00850. The van der Waals surface area contributed by atoms with E-state index in [1.54, 1.807) is 30.3 Å². The summed E-state index contributed by atoms with van der Waals surface area (Å²) in [6.45, 7) is 9.16. The molecule has 3 aliphatic rings. The number of unbranched alkanes of at least 4 members (excludes halogenated alkanes) is 2. The fourth-order valence-corrected chi connectivity index (χ4v) is 9.83. The van der Waals surface area contributed by atoms with Crippen molar-refractivity contribution in [1.29, 1.82) is 5.26 Å². The molecule has 0 aromatic heterocycles. The first-order valence-corrected chi connectivity index (χ1v) is 22.2. The maximum Gasteiger partial charge on any atom is 0.254 e. The van der Waals surface area contributed by atoms with Crippen LogP contribution in [0, 0.1) is 29.1 Å². The molecule has 324 valence electrons. The van der Waals surface area contributed by atoms with Crippen LogP contribution in [-0.4, -0.2) is 71.5 Å². The number of hydrogen-bond acceptors (Lipinski definition) is 9. The van der Waals surface area contributed by atoms with Crippen LogP contribution in [-0.2, 0) is 9.57 Å². The fourth-order valence-electron chi connectivity index (χ4n) is 9.83. The lowest BCUT2D eigenvalue weighted by molar-refractivity contribution is -0.254. The summed E-state index contributed by atoms with van der Waals surface area (Å²) in [6, 6.07) is 32.6. The minimum atomic E-state index is -1.37. The Kier molecular flexibility index (Phi) is 14.9. The first-order chi connectivity index (χ1) is 30.4. The van der Waals surface area contributed by atoms with Gasteiger partial charge in [0.2, 0.25) is 5.79 Å². The molecule has 4 aromatic rings. The number of fused-ring (bicyclic) bond motifs is 2. The van der Waals surface area contributed by atoms with Gasteiger partial charge in [0.05, 0.1) is 29.9 Å². The van der Waals surface area contributed by atoms with Gasteiger partial charge in [-0.3, -0.25) is 4.79 Å². The third kappa shape index (κ3) is 9.36. The summed E-state index contributed by atoms with van der Waals surface area (Å²) in [7, 11) is 0. The largest absolute Gasteiger partial charge is 0.459 e. The summed E-state index contributed by atoms with van der Waals surface area (Å²) in [5, 5.41) is 34.2. The molecular weight excluding hydrogens is 779 g/mol. The summed E-state index contributed by atoms with van der Waals surface area (Å²) < 4.78 is 21.1. The Morgan fingerprint density at radius 3 is 2.32 bits per heavy atom. The van der Waals surface area contributed by atoms with Crippen LogP contribution < -0.4 is 9.47 Å². The van der Waals surface area contributed by atoms with E-state index in [2.05, 4.69) is 49.1 Å². The van der Waals surface area contributed by atoms with Gasteiger partial charge in [-0.05, 0) is 122 Å². The molecule has 0 spiro atoms. The normalized spacial score (nSPS) is 22.9. The lowest BCUT2D eigenvalue weighted by atomic mass is 9.55. The number of aliphatic hydroxyl groups is 2. The molecule has 0 saturated heterocycles. The topological polar surface area (TPSA) is 134 Å². The lowest BCUT2D eigenvalue weighted by Crippen LogP contribution is -2.70. The SMILES string of the molecule is C=CCO[C@@]12Oc3ccc(Oc4ccc(-c5ccccc5)cc4)cc3[C@H]3[C@H](CCCCO)[C@@H](CCCCO)C=C(C(=NOCC)C[C@@H]1N(CCC)C(=O)c1ccc(C#N)cc1)[C@H]32. The average molecular weight is 838 g/mol. The second kappa shape index (κ2) is 20.9. The van der Waals surface area contributed by atoms with Crippen molar-refractivity contribution in [2.24, 2.45) is 22.9 Å². The Morgan fingerprint density at radius 2 is 1.65 bits per heavy atom. The fraction of sp³-hybridized carbons (Fsp3) is 0.404. The quantitative estimate of drug-likeness (QED) is 0.0511. The van der Waals surface area contributed by atoms with Gasteiger partial charge in [-0.2, -0.15) is 5.26 Å². The van der Waals surface area contributed by atoms with E-state index in [-0.39, 0.29) is 43.5 Å². The highest BCUT2D eigenvalue weighted by Crippen LogP contribution is 2.62. The molecule has 1 aliphatic heterocycles. The maximum absolute atomic E-state index is 14.9. The van der Waals surface area contributed by atoms with Crippen molar-refractivity contribution in [3.63, 3.8) is 0 Å². The van der Waals surface area contributed by atoms with Crippen molar-refractivity contribution in [3.8, 4) is 34.4 Å². The predicted molar refractivity (Wildman–Crippen MR) is 241 cm³/mol. The first kappa shape index (κ1) is 44.3. The zero-order chi connectivity index (χ0) is 43.5. The number of nitriles is 1. The van der Waals surface area contributed by atoms with Gasteiger partial charge in [-0.25, -0.2) is 0 Å². The van der Waals surface area contributed by atoms with E-state index in [1.807, 2.05) is 61.2 Å². The highest BCUT2D eigenvalue weighted by Gasteiger charge is 2.65. The number of allylic oxidation sites excluding steroid dienone is 1. The van der Waals surface area contributed by atoms with Gasteiger partial charge in [0.1, 0.15) is 29.9 Å². The molecule has 1 heterocycles. The number of hydrogen-bond donors (Lipinski definition) is 2. The molecule has 7 rings (SSSR count). The summed E-state index contributed by atoms with van der Waals surface area (Å²) in [6.07, 6.45) is 9.73. The second-order valence-electron chi connectivity index (χ2n) is 16.4. The number of oxime groups is 1. The van der Waals surface area contributed by atoms with E-state index in [1.165, 1.54) is 0 Å². The minimum Gasteiger partial charge on any atom is -0.459 e. The molecule has 2 aliphatic carbocycles. The number of carbonyl (C=O) groups excluding carboxylic acids is 1. The smallest absolute Gasteiger partial charge is 0.254 e. The molecular formula is C52H59N3O7. The Bertz CT molecular complexity index is 2230. The number of ether oxygens (including phenoxy) is 3. The molecule has 2 N–H and O–H groups in total. The van der Waals surface area contributed by atoms with Gasteiger partial charge in [0.25, 0.3) is 5.91 Å². The Morgan fingerprint density at radius 1 is 0.935 bits per heavy atom. The van der Waals surface area contributed by atoms with Crippen LogP contribution in [0.2, 0.25) is 0 Å². The molecule has 0 unspecified atom stereocenters. The summed E-state index contributed by atoms with van der Waals surface area (Å²) in [4.78, 5) is 22.6. The van der Waals surface area contributed by atoms with Crippen LogP contribution in [0.25, 0.3) is 11.1 Å². The van der Waals surface area contributed by atoms with Gasteiger partial charge in [-0.1, -0.05) is 79.5 Å². The van der Waals surface area contributed by atoms with Crippen molar-refractivity contribution >= 4 is 11.6 Å². The Balaban J connectivity index is 1.40. The summed E-state index contributed by atoms with van der Waals surface area (Å²) in [5.41, 5.74) is 5.86. The van der Waals surface area contributed by atoms with Crippen LogP contribution in [0.5, 0.6) is 17.2 Å². The zero-order valence-electron chi connectivity index (χ0n) is 36.0. The first-order valence-electron chi connectivity index (χ1n) is 22.2. The summed E-state index contributed by atoms with van der Waals surface area (Å²) >= 11 is 0. The van der Waals surface area contributed by atoms with Crippen molar-refractivity contribution in [3.05, 3.63) is 138 Å². The van der Waals surface area contributed by atoms with E-state index in [9.17, 15) is 20.3 Å². The number of carbonyl (C=O) groups is 1. The van der Waals surface area contributed by atoms with E-state index >= 15 is 0 Å². The Labute approximate surface area is 366 Å². The van der Waals surface area contributed by atoms with Crippen molar-refractivity contribution in [1.82, 2.24) is 4.90 Å². The number of benzene rings is 4. The molecule has 0 radical (unpaired) electrons. The molecule has 62 heavy (non-hydrogen) atoms. The van der Waals surface area contributed by atoms with Crippen LogP contribution in [0.4, 0.5) is 0 Å². The number of amides is 1. The van der Waals surface area contributed by atoms with Crippen molar-refractivity contribution in [2.45, 2.75) is 83.0 Å². The maximum atomic E-state index is 14.9. The number of rotatable bonds is 20. The molecule has 0 bridgehead atoms. The minimum absolute atomic E-state index is 0.0738. The van der Waals surface area contributed by atoms with Gasteiger partial charge in [0, 0.05) is 43.2 Å². The zero-order valence-corrected chi connectivity index (χ0v) is 36.0. The second-order valence-corrected chi connectivity index (χ2v) is 16.4. The van der Waals surface area contributed by atoms with Crippen LogP contribution in [0.1, 0.15) is 92.6 Å². The molecule has 10 nitrogen and oxygen atoms in total. The molecule has 1 amide bonds. The number of aliphatic hydroxyl groups excluding tert-OH is 2. The Hall–Kier alpha value is -5.73. The average Bonchev–Trinajstić information content (AvgIpc) is 3.31. The van der Waals surface area contributed by atoms with Crippen LogP contribution in [0.3, 0.4) is 0 Å². The van der Waals surface area contributed by atoms with Gasteiger partial charge >= 0.3 is 0 Å². The molecule has 1 saturated carbocycles. The van der Waals surface area contributed by atoms with E-state index in [0.29, 0.717) is 67.2 Å². The highest BCUT2D eigenvalue weighted by atomic mass is 16.7. The molecule has 6 atom stereocenters. The van der Waals surface area contributed by atoms with E-state index < -0.39 is 17.7 Å². The third-order valence-corrected chi connectivity index (χ3v) is 12.5. The van der Waals surface area contributed by atoms with E-state index in [0.717, 1.165) is 53.7 Å². The third-order valence-electron chi connectivity index (χ3n) is 12.5. The predicted octanol–water partition coefficient (Wildman–Crippen LogP) is 10.2. The monoisotopic (exact) mass is 837 g/mol. The number of nitrogens with zero attached hydrogens (tertiary/aromatic N) is 3. The standard InChI is InChI=1S/C52H59N3O7/c1-4-28-55(51(58)39-20-18-36(35-53)19-21-39)48-34-46(54-60-6-3)44-32-40(16-10-12-29-56)43(17-11-13-30-57)49-45-33-42(26-27-47(45)62-52(48,50(44)49)59-31-5-2)61-41-24-22-38(23-25-41)37-14-8-7-9-15-37/h5,7-9,14-15,18-27,32-33,40,43,48-50,56-57H,2,4,6,10-13,16-17,28-31,34H2,1,3H3/t40-,43+,48-,49+,50+,52+/m0/s1. The highest BCUT2D eigenvalue weighted by molar-refractivity contribution is 6.03. The van der Waals surface area contributed by atoms with E-state index in [4.69, 9.17) is 24.2 Å². The van der Waals surface area contributed by atoms with Crippen LogP contribution >= 0.6 is 0 Å². The van der Waals surface area contributed by atoms with Crippen LogP contribution in [0.15, 0.2) is 127 Å². The van der Waals surface area contributed by atoms with Crippen molar-refractivity contribution < 1.29 is 34.1 Å². The van der Waals surface area contributed by atoms with Crippen molar-refractivity contribution in [2.75, 3.05) is 33.0 Å². The van der Waals surface area contributed by atoms with Gasteiger partial charge < -0.3 is 34.2 Å². The lowest BCUT2D eigenvalue weighted by Gasteiger charge is -2.60. The molecule has 4 aromatic carbocycles. The molecule has 1 fully saturated rings. The van der Waals surface area contributed by atoms with Gasteiger partial charge in [-0.15, -0.1) is 6.58 Å². The molecule has 10 heteroatoms.